The van der Waals surface area contributed by atoms with Gasteiger partial charge in [-0.2, -0.15) is 13.2 Å². The molecule has 0 unspecified atom stereocenters. The number of imidazole rings is 1. The molecule has 9 heteroatoms. The van der Waals surface area contributed by atoms with E-state index in [1.807, 2.05) is 17.5 Å². The van der Waals surface area contributed by atoms with Gasteiger partial charge in [0.2, 0.25) is 0 Å². The first-order valence-corrected chi connectivity index (χ1v) is 13.6. The molecule has 0 aliphatic carbocycles. The van der Waals surface area contributed by atoms with Gasteiger partial charge in [-0.25, -0.2) is 13.4 Å². The van der Waals surface area contributed by atoms with Gasteiger partial charge in [0.25, 0.3) is 0 Å². The molecular formula is C27H19F3N2O2S2. The van der Waals surface area contributed by atoms with E-state index in [4.69, 9.17) is 0 Å². The zero-order chi connectivity index (χ0) is 25.5. The molecule has 0 bridgehead atoms. The summed E-state index contributed by atoms with van der Waals surface area (Å²) < 4.78 is 67.0. The normalized spacial score (nSPS) is 12.1. The first-order valence-electron chi connectivity index (χ1n) is 10.8. The molecule has 0 saturated heterocycles. The summed E-state index contributed by atoms with van der Waals surface area (Å²) in [6, 6.07) is 22.9. The van der Waals surface area contributed by atoms with Gasteiger partial charge in [-0.3, -0.25) is 4.57 Å². The summed E-state index contributed by atoms with van der Waals surface area (Å²) >= 11 is 1.45. The van der Waals surface area contributed by atoms with Crippen LogP contribution in [-0.4, -0.2) is 24.2 Å². The van der Waals surface area contributed by atoms with Crippen molar-refractivity contribution in [2.24, 2.45) is 0 Å². The van der Waals surface area contributed by atoms with Crippen LogP contribution in [-0.2, 0) is 16.0 Å². The lowest BCUT2D eigenvalue weighted by atomic mass is 10.0. The highest BCUT2D eigenvalue weighted by Crippen LogP contribution is 2.39. The van der Waals surface area contributed by atoms with Gasteiger partial charge in [0.15, 0.2) is 9.84 Å². The van der Waals surface area contributed by atoms with Gasteiger partial charge in [-0.15, -0.1) is 11.3 Å². The first-order chi connectivity index (χ1) is 17.1. The predicted octanol–water partition coefficient (Wildman–Crippen LogP) is 7.36. The molecule has 36 heavy (non-hydrogen) atoms. The largest absolute Gasteiger partial charge is 0.417 e. The summed E-state index contributed by atoms with van der Waals surface area (Å²) in [6.07, 6.45) is -1.65. The van der Waals surface area contributed by atoms with Crippen molar-refractivity contribution in [1.29, 1.82) is 0 Å². The predicted molar refractivity (Wildman–Crippen MR) is 136 cm³/mol. The van der Waals surface area contributed by atoms with Crippen LogP contribution in [0.1, 0.15) is 5.56 Å². The molecule has 5 aromatic rings. The van der Waals surface area contributed by atoms with E-state index < -0.39 is 21.6 Å². The quantitative estimate of drug-likeness (QED) is 0.241. The van der Waals surface area contributed by atoms with Crippen molar-refractivity contribution in [3.8, 4) is 38.8 Å². The average Bonchev–Trinajstić information content (AvgIpc) is 3.54. The molecule has 0 radical (unpaired) electrons. The molecule has 2 aromatic heterocycles. The summed E-state index contributed by atoms with van der Waals surface area (Å²) in [5.74, 6) is 0.179. The summed E-state index contributed by atoms with van der Waals surface area (Å²) in [4.78, 5) is 5.65. The van der Waals surface area contributed by atoms with Crippen LogP contribution in [0, 0.1) is 0 Å². The van der Waals surface area contributed by atoms with Crippen LogP contribution in [0.4, 0.5) is 13.2 Å². The highest BCUT2D eigenvalue weighted by Gasteiger charge is 2.34. The Hall–Kier alpha value is -3.69. The van der Waals surface area contributed by atoms with Crippen molar-refractivity contribution in [2.75, 3.05) is 6.26 Å². The molecule has 0 amide bonds. The van der Waals surface area contributed by atoms with Gasteiger partial charge in [-0.1, -0.05) is 48.5 Å². The number of aromatic nitrogens is 2. The standard InChI is InChI=1S/C27H19F3N2O2S2/c1-36(33,34)21-7-4-6-19(16-21)18-11-13-20(14-12-18)32-17-24(25-10-5-15-35-25)31-26(32)22-8-2-3-9-23(22)27(28,29)30/h2-17H,1H3. The number of halogens is 3. The van der Waals surface area contributed by atoms with Gasteiger partial charge >= 0.3 is 6.18 Å². The second-order valence-electron chi connectivity index (χ2n) is 8.19. The fourth-order valence-electron chi connectivity index (χ4n) is 3.96. The first kappa shape index (κ1) is 24.0. The van der Waals surface area contributed by atoms with Gasteiger partial charge in [0.05, 0.1) is 21.0 Å². The van der Waals surface area contributed by atoms with Crippen molar-refractivity contribution >= 4 is 21.2 Å². The number of thiophene rings is 1. The summed E-state index contributed by atoms with van der Waals surface area (Å²) in [5.41, 5.74) is 1.92. The number of nitrogens with zero attached hydrogens (tertiary/aromatic N) is 2. The van der Waals surface area contributed by atoms with Crippen LogP contribution in [0.2, 0.25) is 0 Å². The van der Waals surface area contributed by atoms with Gasteiger partial charge < -0.3 is 0 Å². The Labute approximate surface area is 210 Å². The molecule has 3 aromatic carbocycles. The second-order valence-corrected chi connectivity index (χ2v) is 11.2. The lowest BCUT2D eigenvalue weighted by Crippen LogP contribution is -2.08. The fraction of sp³-hybridized carbons (Fsp3) is 0.0741. The van der Waals surface area contributed by atoms with Crippen LogP contribution < -0.4 is 0 Å². The topological polar surface area (TPSA) is 52.0 Å². The number of sulfone groups is 1. The van der Waals surface area contributed by atoms with Crippen molar-refractivity contribution in [2.45, 2.75) is 11.1 Å². The maximum atomic E-state index is 13.8. The zero-order valence-electron chi connectivity index (χ0n) is 18.9. The summed E-state index contributed by atoms with van der Waals surface area (Å²) in [7, 11) is -3.36. The van der Waals surface area contributed by atoms with Crippen molar-refractivity contribution < 1.29 is 21.6 Å². The van der Waals surface area contributed by atoms with E-state index in [9.17, 15) is 21.6 Å². The molecule has 0 aliphatic rings. The third-order valence-corrected chi connectivity index (χ3v) is 7.70. The van der Waals surface area contributed by atoms with E-state index in [2.05, 4.69) is 4.98 Å². The Morgan fingerprint density at radius 1 is 0.861 bits per heavy atom. The third kappa shape index (κ3) is 4.72. The lowest BCUT2D eigenvalue weighted by Gasteiger charge is -2.14. The van der Waals surface area contributed by atoms with E-state index in [0.29, 0.717) is 11.4 Å². The molecule has 0 saturated carbocycles. The van der Waals surface area contributed by atoms with Gasteiger partial charge in [0.1, 0.15) is 5.82 Å². The second kappa shape index (κ2) is 9.07. The Balaban J connectivity index is 1.63. The zero-order valence-corrected chi connectivity index (χ0v) is 20.5. The van der Waals surface area contributed by atoms with Crippen LogP contribution in [0.15, 0.2) is 101 Å². The maximum absolute atomic E-state index is 13.8. The Kier molecular flexibility index (Phi) is 6.05. The molecule has 182 valence electrons. The maximum Gasteiger partial charge on any atom is 0.417 e. The molecular weight excluding hydrogens is 505 g/mol. The molecule has 2 heterocycles. The Morgan fingerprint density at radius 2 is 1.61 bits per heavy atom. The number of rotatable bonds is 5. The van der Waals surface area contributed by atoms with Gasteiger partial charge in [-0.05, 0) is 52.9 Å². The van der Waals surface area contributed by atoms with Crippen LogP contribution in [0.3, 0.4) is 0 Å². The molecule has 5 rings (SSSR count). The van der Waals surface area contributed by atoms with E-state index in [1.165, 1.54) is 29.5 Å². The van der Waals surface area contributed by atoms with Crippen molar-refractivity contribution in [1.82, 2.24) is 9.55 Å². The fourth-order valence-corrected chi connectivity index (χ4v) is 5.30. The number of hydrogen-bond acceptors (Lipinski definition) is 4. The Morgan fingerprint density at radius 3 is 2.28 bits per heavy atom. The van der Waals surface area contributed by atoms with Gasteiger partial charge in [0, 0.05) is 23.7 Å². The highest BCUT2D eigenvalue weighted by atomic mass is 32.2. The lowest BCUT2D eigenvalue weighted by molar-refractivity contribution is -0.137. The van der Waals surface area contributed by atoms with E-state index in [0.717, 1.165) is 28.3 Å². The highest BCUT2D eigenvalue weighted by molar-refractivity contribution is 7.90. The summed E-state index contributed by atoms with van der Waals surface area (Å²) in [5, 5.41) is 1.89. The van der Waals surface area contributed by atoms with Crippen LogP contribution in [0.25, 0.3) is 38.8 Å². The minimum Gasteiger partial charge on any atom is -0.299 e. The molecule has 0 N–H and O–H groups in total. The third-order valence-electron chi connectivity index (χ3n) is 5.69. The monoisotopic (exact) mass is 524 g/mol. The molecule has 0 atom stereocenters. The minimum atomic E-state index is -4.54. The van der Waals surface area contributed by atoms with Crippen molar-refractivity contribution in [3.63, 3.8) is 0 Å². The number of alkyl halides is 3. The molecule has 0 spiro atoms. The van der Waals surface area contributed by atoms with E-state index in [1.54, 1.807) is 59.3 Å². The smallest absolute Gasteiger partial charge is 0.299 e. The average molecular weight is 525 g/mol. The minimum absolute atomic E-state index is 0.0160. The molecule has 4 nitrogen and oxygen atoms in total. The van der Waals surface area contributed by atoms with Crippen LogP contribution >= 0.6 is 11.3 Å². The Bertz CT molecular complexity index is 1640. The number of benzene rings is 3. The molecule has 0 fully saturated rings. The number of hydrogen-bond donors (Lipinski definition) is 0. The van der Waals surface area contributed by atoms with Crippen LogP contribution in [0.5, 0.6) is 0 Å². The van der Waals surface area contributed by atoms with E-state index >= 15 is 0 Å². The van der Waals surface area contributed by atoms with E-state index in [-0.39, 0.29) is 16.3 Å². The SMILES string of the molecule is CS(=O)(=O)c1cccc(-c2ccc(-n3cc(-c4cccs4)nc3-c3ccccc3C(F)(F)F)cc2)c1. The summed E-state index contributed by atoms with van der Waals surface area (Å²) in [6.45, 7) is 0. The van der Waals surface area contributed by atoms with Crippen molar-refractivity contribution in [3.05, 3.63) is 102 Å². The molecule has 0 aliphatic heterocycles.